The molecule has 1 nitrogen and oxygen atoms in total. The van der Waals surface area contributed by atoms with Crippen molar-refractivity contribution in [1.29, 1.82) is 0 Å². The first-order valence-corrected chi connectivity index (χ1v) is 7.21. The number of rotatable bonds is 1. The Bertz CT molecular complexity index is 578. The molecule has 0 spiro atoms. The van der Waals surface area contributed by atoms with Crippen LogP contribution in [0.25, 0.3) is 0 Å². The van der Waals surface area contributed by atoms with Crippen LogP contribution >= 0.6 is 0 Å². The Labute approximate surface area is 127 Å². The molecule has 0 amide bonds. The van der Waals surface area contributed by atoms with Gasteiger partial charge in [-0.15, -0.1) is 0 Å². The lowest BCUT2D eigenvalue weighted by Crippen LogP contribution is -2.60. The van der Waals surface area contributed by atoms with Gasteiger partial charge in [-0.2, -0.15) is 26.3 Å². The van der Waals surface area contributed by atoms with E-state index in [1.807, 2.05) is 0 Å². The van der Waals surface area contributed by atoms with Crippen LogP contribution < -0.4 is 5.32 Å². The molecule has 1 heterocycles. The molecule has 0 bridgehead atoms. The lowest BCUT2D eigenvalue weighted by atomic mass is 9.70. The monoisotopic (exact) mass is 341 g/mol. The molecule has 23 heavy (non-hydrogen) atoms. The highest BCUT2D eigenvalue weighted by molar-refractivity contribution is 5.37. The fourth-order valence-electron chi connectivity index (χ4n) is 3.90. The van der Waals surface area contributed by atoms with Gasteiger partial charge in [-0.25, -0.2) is 4.39 Å². The number of hydrogen-bond acceptors (Lipinski definition) is 1. The highest BCUT2D eigenvalue weighted by Gasteiger charge is 2.77. The summed E-state index contributed by atoms with van der Waals surface area (Å²) in [6.45, 7) is -0.654. The van der Waals surface area contributed by atoms with Crippen LogP contribution in [0.15, 0.2) is 24.3 Å². The van der Waals surface area contributed by atoms with E-state index in [0.29, 0.717) is 24.0 Å². The molecule has 2 aliphatic rings. The maximum Gasteiger partial charge on any atom is 0.431 e. The summed E-state index contributed by atoms with van der Waals surface area (Å²) in [6.07, 6.45) is -11.1. The standard InChI is InChI=1S/C15H14F7N/c16-13(14(17,18)19,15(20,21)22)10-7-23-11-6-5-8-3-1-2-4-9(8)12(10)11/h1-4,10-12,23H,5-7H2. The summed E-state index contributed by atoms with van der Waals surface area (Å²) in [4.78, 5) is 0. The molecule has 1 aliphatic carbocycles. The Morgan fingerprint density at radius 2 is 1.52 bits per heavy atom. The summed E-state index contributed by atoms with van der Waals surface area (Å²) >= 11 is 0. The molecule has 1 saturated heterocycles. The highest BCUT2D eigenvalue weighted by Crippen LogP contribution is 2.57. The van der Waals surface area contributed by atoms with E-state index in [4.69, 9.17) is 0 Å². The van der Waals surface area contributed by atoms with Gasteiger partial charge in [0.25, 0.3) is 0 Å². The normalized spacial score (nSPS) is 28.4. The molecule has 1 aromatic carbocycles. The minimum atomic E-state index is -6.02. The molecule has 0 saturated carbocycles. The van der Waals surface area contributed by atoms with Crippen molar-refractivity contribution in [1.82, 2.24) is 5.32 Å². The van der Waals surface area contributed by atoms with Crippen molar-refractivity contribution in [2.24, 2.45) is 5.92 Å². The molecule has 1 fully saturated rings. The number of hydrogen-bond donors (Lipinski definition) is 1. The van der Waals surface area contributed by atoms with Crippen LogP contribution in [0.5, 0.6) is 0 Å². The van der Waals surface area contributed by atoms with Crippen LogP contribution in [0.3, 0.4) is 0 Å². The highest BCUT2D eigenvalue weighted by atomic mass is 19.4. The average Bonchev–Trinajstić information content (AvgIpc) is 2.88. The maximum absolute atomic E-state index is 14.5. The molecule has 8 heteroatoms. The number of benzene rings is 1. The molecular weight excluding hydrogens is 327 g/mol. The predicted molar refractivity (Wildman–Crippen MR) is 68.7 cm³/mol. The third-order valence-corrected chi connectivity index (χ3v) is 4.94. The predicted octanol–water partition coefficient (Wildman–Crippen LogP) is 4.14. The Morgan fingerprint density at radius 3 is 2.13 bits per heavy atom. The average molecular weight is 341 g/mol. The van der Waals surface area contributed by atoms with E-state index >= 15 is 0 Å². The van der Waals surface area contributed by atoms with Crippen LogP contribution in [0.4, 0.5) is 30.7 Å². The zero-order valence-corrected chi connectivity index (χ0v) is 11.8. The number of alkyl halides is 7. The third-order valence-electron chi connectivity index (χ3n) is 4.94. The van der Waals surface area contributed by atoms with Gasteiger partial charge in [0, 0.05) is 24.4 Å². The van der Waals surface area contributed by atoms with Crippen molar-refractivity contribution < 1.29 is 30.7 Å². The van der Waals surface area contributed by atoms with Gasteiger partial charge in [-0.05, 0) is 24.0 Å². The van der Waals surface area contributed by atoms with E-state index < -0.39 is 42.4 Å². The number of halogens is 7. The van der Waals surface area contributed by atoms with Crippen molar-refractivity contribution in [3.63, 3.8) is 0 Å². The maximum atomic E-state index is 14.5. The molecular formula is C15H14F7N. The van der Waals surface area contributed by atoms with Gasteiger partial charge < -0.3 is 5.32 Å². The molecule has 3 rings (SSSR count). The van der Waals surface area contributed by atoms with Crippen molar-refractivity contribution in [3.8, 4) is 0 Å². The zero-order chi connectivity index (χ0) is 17.0. The van der Waals surface area contributed by atoms with E-state index in [1.165, 1.54) is 6.07 Å². The van der Waals surface area contributed by atoms with E-state index in [0.717, 1.165) is 0 Å². The molecule has 0 aromatic heterocycles. The molecule has 3 unspecified atom stereocenters. The fraction of sp³-hybridized carbons (Fsp3) is 0.600. The molecule has 128 valence electrons. The van der Waals surface area contributed by atoms with Crippen LogP contribution in [0.1, 0.15) is 23.5 Å². The van der Waals surface area contributed by atoms with Gasteiger partial charge in [0.15, 0.2) is 0 Å². The molecule has 1 N–H and O–H groups in total. The summed E-state index contributed by atoms with van der Waals surface area (Å²) in [6, 6.07) is 5.82. The van der Waals surface area contributed by atoms with Crippen molar-refractivity contribution in [2.75, 3.05) is 6.54 Å². The SMILES string of the molecule is FC(F)(F)C(F)(C1CNC2CCc3ccccc3C21)C(F)(F)F. The van der Waals surface area contributed by atoms with E-state index in [2.05, 4.69) is 5.32 Å². The zero-order valence-electron chi connectivity index (χ0n) is 11.8. The third kappa shape index (κ3) is 2.33. The second-order valence-electron chi connectivity index (χ2n) is 6.09. The first-order valence-electron chi connectivity index (χ1n) is 7.21. The van der Waals surface area contributed by atoms with Gasteiger partial charge in [0.05, 0.1) is 0 Å². The van der Waals surface area contributed by atoms with Gasteiger partial charge in [0.1, 0.15) is 0 Å². The van der Waals surface area contributed by atoms with Crippen LogP contribution in [-0.2, 0) is 6.42 Å². The molecule has 3 atom stereocenters. The van der Waals surface area contributed by atoms with E-state index in [1.54, 1.807) is 18.2 Å². The van der Waals surface area contributed by atoms with E-state index in [9.17, 15) is 30.7 Å². The van der Waals surface area contributed by atoms with Gasteiger partial charge in [-0.3, -0.25) is 0 Å². The Kier molecular flexibility index (Phi) is 3.66. The Morgan fingerprint density at radius 1 is 0.913 bits per heavy atom. The fourth-order valence-corrected chi connectivity index (χ4v) is 3.90. The molecule has 0 radical (unpaired) electrons. The topological polar surface area (TPSA) is 12.0 Å². The van der Waals surface area contributed by atoms with Gasteiger partial charge in [-0.1, -0.05) is 24.3 Å². The minimum Gasteiger partial charge on any atom is -0.313 e. The second-order valence-corrected chi connectivity index (χ2v) is 6.09. The summed E-state index contributed by atoms with van der Waals surface area (Å²) in [5, 5.41) is 2.66. The summed E-state index contributed by atoms with van der Waals surface area (Å²) < 4.78 is 92.9. The van der Waals surface area contributed by atoms with Crippen LogP contribution in [0, 0.1) is 5.92 Å². The Balaban J connectivity index is 2.10. The summed E-state index contributed by atoms with van der Waals surface area (Å²) in [5.41, 5.74) is -4.15. The summed E-state index contributed by atoms with van der Waals surface area (Å²) in [7, 11) is 0. The largest absolute Gasteiger partial charge is 0.431 e. The van der Waals surface area contributed by atoms with Crippen molar-refractivity contribution in [3.05, 3.63) is 35.4 Å². The van der Waals surface area contributed by atoms with Crippen LogP contribution in [-0.4, -0.2) is 30.6 Å². The lowest BCUT2D eigenvalue weighted by molar-refractivity contribution is -0.357. The lowest BCUT2D eigenvalue weighted by Gasteiger charge is -2.39. The van der Waals surface area contributed by atoms with Crippen LogP contribution in [0.2, 0.25) is 0 Å². The van der Waals surface area contributed by atoms with Gasteiger partial charge >= 0.3 is 18.0 Å². The van der Waals surface area contributed by atoms with E-state index in [-0.39, 0.29) is 0 Å². The first kappa shape index (κ1) is 16.5. The smallest absolute Gasteiger partial charge is 0.313 e. The molecule has 1 aromatic rings. The van der Waals surface area contributed by atoms with Crippen molar-refractivity contribution >= 4 is 0 Å². The number of fused-ring (bicyclic) bond motifs is 3. The minimum absolute atomic E-state index is 0.384. The number of nitrogens with one attached hydrogen (secondary N) is 1. The van der Waals surface area contributed by atoms with Crippen molar-refractivity contribution in [2.45, 2.75) is 42.8 Å². The molecule has 1 aliphatic heterocycles. The summed E-state index contributed by atoms with van der Waals surface area (Å²) in [5.74, 6) is -3.37. The van der Waals surface area contributed by atoms with Gasteiger partial charge in [0.2, 0.25) is 0 Å². The Hall–Kier alpha value is -1.31. The second kappa shape index (κ2) is 5.09. The quantitative estimate of drug-likeness (QED) is 0.757. The number of aryl methyl sites for hydroxylation is 1. The first-order chi connectivity index (χ1) is 10.6.